The largest absolute Gasteiger partial charge is 0.389 e. The standard InChI is InChI=1S/C17H26N2O/c1-13-11-18-10-6-5-7-15(18)12-19(13)17-9-4-3-8-16(17)14(2)20/h3-4,8-9,13-15,20H,5-7,10-12H2,1-2H3. The molecule has 0 bridgehead atoms. The Balaban J connectivity index is 1.86. The number of aliphatic hydroxyl groups is 1. The summed E-state index contributed by atoms with van der Waals surface area (Å²) < 4.78 is 0. The number of piperazine rings is 1. The van der Waals surface area contributed by atoms with Crippen molar-refractivity contribution in [3.05, 3.63) is 29.8 Å². The minimum absolute atomic E-state index is 0.400. The Kier molecular flexibility index (Phi) is 3.99. The Morgan fingerprint density at radius 2 is 2.00 bits per heavy atom. The van der Waals surface area contributed by atoms with E-state index in [0.717, 1.165) is 18.7 Å². The Hall–Kier alpha value is -1.06. The predicted octanol–water partition coefficient (Wildman–Crippen LogP) is 2.80. The Labute approximate surface area is 122 Å². The third-order valence-electron chi connectivity index (χ3n) is 4.88. The maximum Gasteiger partial charge on any atom is 0.0781 e. The van der Waals surface area contributed by atoms with E-state index < -0.39 is 6.10 Å². The van der Waals surface area contributed by atoms with E-state index >= 15 is 0 Å². The first-order valence-corrected chi connectivity index (χ1v) is 7.94. The van der Waals surface area contributed by atoms with E-state index in [1.165, 1.54) is 31.5 Å². The van der Waals surface area contributed by atoms with Crippen LogP contribution < -0.4 is 4.90 Å². The Morgan fingerprint density at radius 3 is 2.80 bits per heavy atom. The molecule has 3 rings (SSSR count). The minimum Gasteiger partial charge on any atom is -0.389 e. The summed E-state index contributed by atoms with van der Waals surface area (Å²) >= 11 is 0. The number of benzene rings is 1. The van der Waals surface area contributed by atoms with Crippen molar-refractivity contribution in [2.45, 2.75) is 51.3 Å². The normalized spacial score (nSPS) is 29.1. The number of hydrogen-bond donors (Lipinski definition) is 1. The van der Waals surface area contributed by atoms with E-state index in [9.17, 15) is 5.11 Å². The molecule has 0 aliphatic carbocycles. The molecule has 2 saturated heterocycles. The third-order valence-corrected chi connectivity index (χ3v) is 4.88. The highest BCUT2D eigenvalue weighted by molar-refractivity contribution is 5.56. The first kappa shape index (κ1) is 13.9. The van der Waals surface area contributed by atoms with Crippen LogP contribution in [-0.2, 0) is 0 Å². The number of nitrogens with zero attached hydrogens (tertiary/aromatic N) is 2. The van der Waals surface area contributed by atoms with E-state index in [0.29, 0.717) is 12.1 Å². The summed E-state index contributed by atoms with van der Waals surface area (Å²) in [6, 6.07) is 9.54. The van der Waals surface area contributed by atoms with Crippen LogP contribution in [0.1, 0.15) is 44.8 Å². The lowest BCUT2D eigenvalue weighted by Crippen LogP contribution is -2.59. The van der Waals surface area contributed by atoms with Crippen LogP contribution in [0.5, 0.6) is 0 Å². The van der Waals surface area contributed by atoms with Gasteiger partial charge in [0.1, 0.15) is 0 Å². The van der Waals surface area contributed by atoms with Gasteiger partial charge in [-0.1, -0.05) is 24.6 Å². The molecule has 1 aromatic carbocycles. The topological polar surface area (TPSA) is 26.7 Å². The van der Waals surface area contributed by atoms with Crippen LogP contribution in [0.15, 0.2) is 24.3 Å². The van der Waals surface area contributed by atoms with Crippen molar-refractivity contribution in [2.75, 3.05) is 24.5 Å². The van der Waals surface area contributed by atoms with Gasteiger partial charge in [-0.3, -0.25) is 4.90 Å². The van der Waals surface area contributed by atoms with Crippen LogP contribution >= 0.6 is 0 Å². The highest BCUT2D eigenvalue weighted by atomic mass is 16.3. The van der Waals surface area contributed by atoms with Gasteiger partial charge in [-0.05, 0) is 39.3 Å². The van der Waals surface area contributed by atoms with Gasteiger partial charge in [0.15, 0.2) is 0 Å². The fourth-order valence-electron chi connectivity index (χ4n) is 3.79. The first-order valence-electron chi connectivity index (χ1n) is 7.94. The number of aliphatic hydroxyl groups excluding tert-OH is 1. The smallest absolute Gasteiger partial charge is 0.0781 e. The summed E-state index contributed by atoms with van der Waals surface area (Å²) in [7, 11) is 0. The van der Waals surface area contributed by atoms with Crippen molar-refractivity contribution in [3.63, 3.8) is 0 Å². The molecule has 3 unspecified atom stereocenters. The van der Waals surface area contributed by atoms with Crippen LogP contribution in [0.2, 0.25) is 0 Å². The van der Waals surface area contributed by atoms with E-state index in [4.69, 9.17) is 0 Å². The average molecular weight is 274 g/mol. The van der Waals surface area contributed by atoms with Gasteiger partial charge in [0, 0.05) is 36.4 Å². The SMILES string of the molecule is CC(O)c1ccccc1N1CC2CCCCN2CC1C. The van der Waals surface area contributed by atoms with Crippen molar-refractivity contribution in [2.24, 2.45) is 0 Å². The number of fused-ring (bicyclic) bond motifs is 1. The van der Waals surface area contributed by atoms with E-state index in [2.05, 4.69) is 34.9 Å². The fraction of sp³-hybridized carbons (Fsp3) is 0.647. The van der Waals surface area contributed by atoms with Crippen molar-refractivity contribution < 1.29 is 5.11 Å². The quantitative estimate of drug-likeness (QED) is 0.898. The van der Waals surface area contributed by atoms with Crippen LogP contribution in [-0.4, -0.2) is 41.7 Å². The number of anilines is 1. The second-order valence-corrected chi connectivity index (χ2v) is 6.38. The number of rotatable bonds is 2. The molecule has 2 fully saturated rings. The van der Waals surface area contributed by atoms with Crippen molar-refractivity contribution >= 4 is 5.69 Å². The second-order valence-electron chi connectivity index (χ2n) is 6.38. The molecular formula is C17H26N2O. The lowest BCUT2D eigenvalue weighted by molar-refractivity contribution is 0.115. The Bertz CT molecular complexity index is 460. The summed E-state index contributed by atoms with van der Waals surface area (Å²) in [4.78, 5) is 5.17. The van der Waals surface area contributed by atoms with Crippen LogP contribution in [0.4, 0.5) is 5.69 Å². The number of hydrogen-bond acceptors (Lipinski definition) is 3. The molecule has 0 saturated carbocycles. The molecule has 2 aliphatic rings. The molecule has 3 heteroatoms. The zero-order valence-electron chi connectivity index (χ0n) is 12.6. The molecule has 20 heavy (non-hydrogen) atoms. The van der Waals surface area contributed by atoms with E-state index in [1.807, 2.05) is 13.0 Å². The molecule has 3 atom stereocenters. The molecular weight excluding hydrogens is 248 g/mol. The van der Waals surface area contributed by atoms with Crippen LogP contribution in [0.3, 0.4) is 0 Å². The average Bonchev–Trinajstić information content (AvgIpc) is 2.46. The van der Waals surface area contributed by atoms with Crippen molar-refractivity contribution in [3.8, 4) is 0 Å². The predicted molar refractivity (Wildman–Crippen MR) is 83.1 cm³/mol. The summed E-state index contributed by atoms with van der Waals surface area (Å²) in [6.45, 7) is 7.69. The highest BCUT2D eigenvalue weighted by Gasteiger charge is 2.33. The van der Waals surface area contributed by atoms with Gasteiger partial charge in [-0.2, -0.15) is 0 Å². The van der Waals surface area contributed by atoms with E-state index in [-0.39, 0.29) is 0 Å². The fourth-order valence-corrected chi connectivity index (χ4v) is 3.79. The molecule has 2 aliphatic heterocycles. The van der Waals surface area contributed by atoms with Gasteiger partial charge < -0.3 is 10.0 Å². The second kappa shape index (κ2) is 5.74. The monoisotopic (exact) mass is 274 g/mol. The highest BCUT2D eigenvalue weighted by Crippen LogP contribution is 2.32. The molecule has 0 aromatic heterocycles. The lowest BCUT2D eigenvalue weighted by atomic mass is 9.95. The van der Waals surface area contributed by atoms with Gasteiger partial charge in [0.25, 0.3) is 0 Å². The zero-order chi connectivity index (χ0) is 14.1. The molecule has 2 heterocycles. The lowest BCUT2D eigenvalue weighted by Gasteiger charge is -2.49. The maximum atomic E-state index is 10.0. The maximum absolute atomic E-state index is 10.0. The molecule has 1 N–H and O–H groups in total. The number of piperidine rings is 1. The molecule has 110 valence electrons. The van der Waals surface area contributed by atoms with E-state index in [1.54, 1.807) is 0 Å². The van der Waals surface area contributed by atoms with Gasteiger partial charge >= 0.3 is 0 Å². The molecule has 1 aromatic rings. The zero-order valence-corrected chi connectivity index (χ0v) is 12.6. The summed E-state index contributed by atoms with van der Waals surface area (Å²) in [5.41, 5.74) is 2.28. The summed E-state index contributed by atoms with van der Waals surface area (Å²) in [6.07, 6.45) is 3.64. The van der Waals surface area contributed by atoms with Crippen LogP contribution in [0.25, 0.3) is 0 Å². The Morgan fingerprint density at radius 1 is 1.20 bits per heavy atom. The van der Waals surface area contributed by atoms with Gasteiger partial charge in [0.2, 0.25) is 0 Å². The molecule has 0 radical (unpaired) electrons. The van der Waals surface area contributed by atoms with Gasteiger partial charge in [-0.25, -0.2) is 0 Å². The minimum atomic E-state index is -0.400. The molecule has 0 amide bonds. The third kappa shape index (κ3) is 2.57. The number of para-hydroxylation sites is 1. The van der Waals surface area contributed by atoms with Crippen molar-refractivity contribution in [1.29, 1.82) is 0 Å². The summed E-state index contributed by atoms with van der Waals surface area (Å²) in [5.74, 6) is 0. The van der Waals surface area contributed by atoms with Crippen LogP contribution in [0, 0.1) is 0 Å². The molecule has 0 spiro atoms. The molecule has 3 nitrogen and oxygen atoms in total. The summed E-state index contributed by atoms with van der Waals surface area (Å²) in [5, 5.41) is 10.0. The van der Waals surface area contributed by atoms with Crippen molar-refractivity contribution in [1.82, 2.24) is 4.90 Å². The first-order chi connectivity index (χ1) is 9.66. The van der Waals surface area contributed by atoms with Gasteiger partial charge in [-0.15, -0.1) is 0 Å². The van der Waals surface area contributed by atoms with Gasteiger partial charge in [0.05, 0.1) is 6.10 Å².